The van der Waals surface area contributed by atoms with E-state index in [1.165, 1.54) is 6.07 Å². The minimum atomic E-state index is -0.231. The lowest BCUT2D eigenvalue weighted by atomic mass is 9.91. The van der Waals surface area contributed by atoms with Gasteiger partial charge in [-0.15, -0.1) is 0 Å². The highest BCUT2D eigenvalue weighted by molar-refractivity contribution is 5.70. The largest absolute Gasteiger partial charge is 0.492 e. The lowest BCUT2D eigenvalue weighted by Crippen LogP contribution is -2.21. The van der Waals surface area contributed by atoms with Crippen molar-refractivity contribution in [2.45, 2.75) is 25.7 Å². The van der Waals surface area contributed by atoms with Crippen LogP contribution in [0, 0.1) is 0 Å². The summed E-state index contributed by atoms with van der Waals surface area (Å²) in [6, 6.07) is 1.50. The maximum Gasteiger partial charge on any atom is 0.306 e. The van der Waals surface area contributed by atoms with Crippen molar-refractivity contribution in [1.82, 2.24) is 4.98 Å². The van der Waals surface area contributed by atoms with Crippen LogP contribution in [0.3, 0.4) is 0 Å². The van der Waals surface area contributed by atoms with E-state index in [0.717, 1.165) is 12.0 Å². The Kier molecular flexibility index (Phi) is 3.46. The molecule has 0 aliphatic carbocycles. The molecule has 0 amide bonds. The molecule has 0 radical (unpaired) electrons. The molecule has 1 atom stereocenters. The van der Waals surface area contributed by atoms with E-state index in [4.69, 9.17) is 9.47 Å². The van der Waals surface area contributed by atoms with Gasteiger partial charge in [0.2, 0.25) is 5.56 Å². The third-order valence-corrected chi connectivity index (χ3v) is 2.80. The minimum Gasteiger partial charge on any atom is -0.492 e. The van der Waals surface area contributed by atoms with Crippen LogP contribution in [0.25, 0.3) is 0 Å². The molecule has 1 aliphatic rings. The van der Waals surface area contributed by atoms with E-state index < -0.39 is 0 Å². The van der Waals surface area contributed by atoms with Crippen molar-refractivity contribution in [3.63, 3.8) is 0 Å². The average Bonchev–Trinajstić information content (AvgIpc) is 2.30. The summed E-state index contributed by atoms with van der Waals surface area (Å²) in [5, 5.41) is 0. The van der Waals surface area contributed by atoms with Gasteiger partial charge in [0.1, 0.15) is 5.75 Å². The summed E-state index contributed by atoms with van der Waals surface area (Å²) < 4.78 is 10.4. The zero-order valence-electron chi connectivity index (χ0n) is 9.69. The van der Waals surface area contributed by atoms with Gasteiger partial charge < -0.3 is 14.5 Å². The second-order valence-electron chi connectivity index (χ2n) is 3.96. The van der Waals surface area contributed by atoms with Gasteiger partial charge in [-0.1, -0.05) is 0 Å². The molecule has 1 N–H and O–H groups in total. The van der Waals surface area contributed by atoms with Crippen LogP contribution in [0.1, 0.15) is 31.2 Å². The number of carbonyl (C=O) groups excluding carboxylic acids is 1. The van der Waals surface area contributed by atoms with E-state index in [2.05, 4.69) is 4.98 Å². The van der Waals surface area contributed by atoms with Gasteiger partial charge in [0.25, 0.3) is 0 Å². The van der Waals surface area contributed by atoms with E-state index in [-0.39, 0.29) is 17.4 Å². The molecule has 5 heteroatoms. The number of esters is 1. The number of pyridine rings is 1. The molecule has 0 saturated heterocycles. The van der Waals surface area contributed by atoms with E-state index in [9.17, 15) is 9.59 Å². The number of nitrogens with one attached hydrogen (secondary N) is 1. The number of aromatic nitrogens is 1. The van der Waals surface area contributed by atoms with E-state index >= 15 is 0 Å². The number of hydrogen-bond acceptors (Lipinski definition) is 4. The summed E-state index contributed by atoms with van der Waals surface area (Å²) in [7, 11) is 0. The monoisotopic (exact) mass is 237 g/mol. The van der Waals surface area contributed by atoms with E-state index in [0.29, 0.717) is 25.4 Å². The number of rotatable bonds is 3. The standard InChI is InChI=1S/C12H15NO4/c1-2-16-12(15)5-8-3-4-17-10-7-13-11(14)6-9(8)10/h6-8H,2-5H2,1H3,(H,13,14). The fraction of sp³-hybridized carbons (Fsp3) is 0.500. The van der Waals surface area contributed by atoms with Crippen LogP contribution in [-0.2, 0) is 9.53 Å². The van der Waals surface area contributed by atoms with Gasteiger partial charge in [-0.3, -0.25) is 9.59 Å². The Labute approximate surface area is 98.7 Å². The Bertz CT molecular complexity index is 466. The third kappa shape index (κ3) is 2.67. The Morgan fingerprint density at radius 2 is 2.47 bits per heavy atom. The lowest BCUT2D eigenvalue weighted by Gasteiger charge is -2.24. The van der Waals surface area contributed by atoms with Crippen molar-refractivity contribution < 1.29 is 14.3 Å². The van der Waals surface area contributed by atoms with Crippen LogP contribution in [0.15, 0.2) is 17.1 Å². The zero-order chi connectivity index (χ0) is 12.3. The van der Waals surface area contributed by atoms with Crippen molar-refractivity contribution in [2.24, 2.45) is 0 Å². The van der Waals surface area contributed by atoms with Crippen molar-refractivity contribution >= 4 is 5.97 Å². The highest BCUT2D eigenvalue weighted by Crippen LogP contribution is 2.34. The quantitative estimate of drug-likeness (QED) is 0.802. The molecule has 17 heavy (non-hydrogen) atoms. The van der Waals surface area contributed by atoms with Gasteiger partial charge in [0.05, 0.1) is 19.6 Å². The van der Waals surface area contributed by atoms with Gasteiger partial charge in [-0.05, 0) is 13.3 Å². The molecule has 0 saturated carbocycles. The summed E-state index contributed by atoms with van der Waals surface area (Å²) in [5.74, 6) is 0.441. The van der Waals surface area contributed by atoms with Crippen LogP contribution in [-0.4, -0.2) is 24.2 Å². The lowest BCUT2D eigenvalue weighted by molar-refractivity contribution is -0.143. The molecule has 92 valence electrons. The predicted molar refractivity (Wildman–Crippen MR) is 61.2 cm³/mol. The number of hydrogen-bond donors (Lipinski definition) is 1. The zero-order valence-corrected chi connectivity index (χ0v) is 9.69. The molecule has 0 fully saturated rings. The maximum atomic E-state index is 11.5. The summed E-state index contributed by atoms with van der Waals surface area (Å²) in [4.78, 5) is 25.3. The average molecular weight is 237 g/mol. The highest BCUT2D eigenvalue weighted by atomic mass is 16.5. The van der Waals surface area contributed by atoms with Crippen LogP contribution in [0.2, 0.25) is 0 Å². The molecule has 1 aromatic rings. The first kappa shape index (κ1) is 11.7. The molecule has 0 spiro atoms. The summed E-state index contributed by atoms with van der Waals surface area (Å²) in [6.07, 6.45) is 2.58. The van der Waals surface area contributed by atoms with Crippen molar-refractivity contribution in [3.05, 3.63) is 28.2 Å². The molecule has 2 rings (SSSR count). The van der Waals surface area contributed by atoms with Gasteiger partial charge in [0, 0.05) is 23.7 Å². The Morgan fingerprint density at radius 3 is 3.24 bits per heavy atom. The number of fused-ring (bicyclic) bond motifs is 1. The summed E-state index contributed by atoms with van der Waals surface area (Å²) in [6.45, 7) is 2.72. The summed E-state index contributed by atoms with van der Waals surface area (Å²) >= 11 is 0. The number of carbonyl (C=O) groups is 1. The first-order chi connectivity index (χ1) is 8.20. The molecular formula is C12H15NO4. The predicted octanol–water partition coefficient (Wildman–Crippen LogP) is 1.19. The fourth-order valence-electron chi connectivity index (χ4n) is 2.02. The van der Waals surface area contributed by atoms with Crippen LogP contribution in [0.4, 0.5) is 0 Å². The Balaban J connectivity index is 2.19. The SMILES string of the molecule is CCOC(=O)CC1CCOc2c[nH]c(=O)cc21. The topological polar surface area (TPSA) is 68.4 Å². The molecule has 1 unspecified atom stereocenters. The molecule has 1 aromatic heterocycles. The minimum absolute atomic E-state index is 0.0140. The first-order valence-electron chi connectivity index (χ1n) is 5.71. The Morgan fingerprint density at radius 1 is 1.65 bits per heavy atom. The number of aromatic amines is 1. The van der Waals surface area contributed by atoms with Gasteiger partial charge >= 0.3 is 5.97 Å². The van der Waals surface area contributed by atoms with Crippen LogP contribution < -0.4 is 10.3 Å². The third-order valence-electron chi connectivity index (χ3n) is 2.80. The number of H-pyrrole nitrogens is 1. The smallest absolute Gasteiger partial charge is 0.306 e. The fourth-order valence-corrected chi connectivity index (χ4v) is 2.02. The molecule has 2 heterocycles. The molecule has 0 aromatic carbocycles. The van der Waals surface area contributed by atoms with Crippen molar-refractivity contribution in [2.75, 3.05) is 13.2 Å². The van der Waals surface area contributed by atoms with Gasteiger partial charge in [-0.25, -0.2) is 0 Å². The summed E-state index contributed by atoms with van der Waals surface area (Å²) in [5.41, 5.74) is 0.621. The van der Waals surface area contributed by atoms with Gasteiger partial charge in [0.15, 0.2) is 0 Å². The van der Waals surface area contributed by atoms with Crippen LogP contribution >= 0.6 is 0 Å². The first-order valence-corrected chi connectivity index (χ1v) is 5.71. The van der Waals surface area contributed by atoms with Crippen molar-refractivity contribution in [1.29, 1.82) is 0 Å². The second-order valence-corrected chi connectivity index (χ2v) is 3.96. The molecule has 5 nitrogen and oxygen atoms in total. The molecule has 0 bridgehead atoms. The second kappa shape index (κ2) is 5.03. The van der Waals surface area contributed by atoms with E-state index in [1.807, 2.05) is 0 Å². The Hall–Kier alpha value is -1.78. The molecule has 1 aliphatic heterocycles. The van der Waals surface area contributed by atoms with E-state index in [1.54, 1.807) is 13.1 Å². The maximum absolute atomic E-state index is 11.5. The number of ether oxygens (including phenoxy) is 2. The van der Waals surface area contributed by atoms with Crippen molar-refractivity contribution in [3.8, 4) is 5.75 Å². The normalized spacial score (nSPS) is 18.1. The van der Waals surface area contributed by atoms with Crippen LogP contribution in [0.5, 0.6) is 5.75 Å². The molecular weight excluding hydrogens is 222 g/mol. The highest BCUT2D eigenvalue weighted by Gasteiger charge is 2.24. The van der Waals surface area contributed by atoms with Gasteiger partial charge in [-0.2, -0.15) is 0 Å².